The lowest BCUT2D eigenvalue weighted by atomic mass is 9.86. The maximum Gasteiger partial charge on any atom is 0.323 e. The maximum absolute atomic E-state index is 13.2. The molecule has 17 nitrogen and oxygen atoms in total. The molecule has 1 aliphatic carbocycles. The molecule has 1 unspecified atom stereocenters. The minimum absolute atomic E-state index is 0.142. The molecule has 0 radical (unpaired) electrons. The van der Waals surface area contributed by atoms with Gasteiger partial charge in [0.25, 0.3) is 5.91 Å². The highest BCUT2D eigenvalue weighted by atomic mass is 16.5. The van der Waals surface area contributed by atoms with Crippen molar-refractivity contribution in [3.8, 4) is 11.5 Å². The molecule has 5 aromatic rings. The Balaban J connectivity index is 0.690. The Bertz CT molecular complexity index is 2430. The molecule has 0 bridgehead atoms. The van der Waals surface area contributed by atoms with Crippen molar-refractivity contribution in [1.29, 1.82) is 0 Å². The van der Waals surface area contributed by atoms with Crippen LogP contribution in [0.15, 0.2) is 53.4 Å². The summed E-state index contributed by atoms with van der Waals surface area (Å²) in [6, 6.07) is 8.73. The highest BCUT2D eigenvalue weighted by molar-refractivity contribution is 6.05. The fourth-order valence-electron chi connectivity index (χ4n) is 9.32. The molecule has 318 valence electrons. The predicted molar refractivity (Wildman–Crippen MR) is 227 cm³/mol. The summed E-state index contributed by atoms with van der Waals surface area (Å²) in [5, 5.41) is 17.0. The van der Waals surface area contributed by atoms with Crippen LogP contribution in [0.1, 0.15) is 110 Å². The number of piperidine rings is 1. The van der Waals surface area contributed by atoms with Gasteiger partial charge in [0, 0.05) is 68.8 Å². The summed E-state index contributed by atoms with van der Waals surface area (Å²) in [4.78, 5) is 70.5. The molecule has 2 saturated heterocycles. The van der Waals surface area contributed by atoms with Crippen LogP contribution >= 0.6 is 0 Å². The number of rotatable bonds is 13. The van der Waals surface area contributed by atoms with Crippen molar-refractivity contribution < 1.29 is 23.7 Å². The summed E-state index contributed by atoms with van der Waals surface area (Å²) in [7, 11) is 0. The molecule has 1 aromatic carbocycles. The van der Waals surface area contributed by atoms with E-state index < -0.39 is 6.04 Å². The predicted octanol–water partition coefficient (Wildman–Crippen LogP) is 5.86. The Labute approximate surface area is 353 Å². The molecular formula is C44H52N12O5. The van der Waals surface area contributed by atoms with Gasteiger partial charge in [0.15, 0.2) is 5.65 Å². The van der Waals surface area contributed by atoms with Gasteiger partial charge < -0.3 is 25.0 Å². The van der Waals surface area contributed by atoms with E-state index in [4.69, 9.17) is 4.52 Å². The molecule has 1 atom stereocenters. The fraction of sp³-hybridized carbons (Fsp3) is 0.477. The molecule has 7 heterocycles. The van der Waals surface area contributed by atoms with Crippen LogP contribution in [0.25, 0.3) is 17.2 Å². The van der Waals surface area contributed by atoms with E-state index in [2.05, 4.69) is 57.0 Å². The molecule has 3 N–H and O–H groups in total. The van der Waals surface area contributed by atoms with Crippen LogP contribution in [-0.2, 0) is 22.6 Å². The van der Waals surface area contributed by atoms with Crippen molar-refractivity contribution >= 4 is 46.5 Å². The standard InChI is InChI=1S/C44H52N12O5/c1-28-23-31(48-44(60)49-34-26-45-36-16-17-47-56(36)40(34)29-9-5-4-6-10-29)25-46-39(28)41-51-38(61-52-41)11-7-2-3-8-18-53-19-21-54(22-20-53)32-12-13-33-30(24-32)27-55(43(33)59)35-14-15-37(57)50-42(35)58/h12-13,16-17,23-26,29,35H,2-11,14-15,18-22,27H2,1H3,(H2,48,49,60)(H,50,57,58). The molecule has 4 aliphatic rings. The number of nitrogens with zero attached hydrogens (tertiary/aromatic N) is 9. The first kappa shape index (κ1) is 40.2. The molecule has 5 amide bonds. The zero-order chi connectivity index (χ0) is 41.9. The normalized spacial score (nSPS) is 18.8. The third-order valence-electron chi connectivity index (χ3n) is 12.6. The van der Waals surface area contributed by atoms with Gasteiger partial charge in [-0.2, -0.15) is 10.1 Å². The Kier molecular flexibility index (Phi) is 11.7. The van der Waals surface area contributed by atoms with Gasteiger partial charge in [-0.05, 0) is 81.0 Å². The molecule has 3 aliphatic heterocycles. The maximum atomic E-state index is 13.2. The monoisotopic (exact) mass is 828 g/mol. The van der Waals surface area contributed by atoms with E-state index in [9.17, 15) is 19.2 Å². The third kappa shape index (κ3) is 8.83. The van der Waals surface area contributed by atoms with Gasteiger partial charge in [0.05, 0.1) is 35.7 Å². The van der Waals surface area contributed by atoms with E-state index in [-0.39, 0.29) is 30.2 Å². The highest BCUT2D eigenvalue weighted by Crippen LogP contribution is 2.37. The minimum Gasteiger partial charge on any atom is -0.369 e. The van der Waals surface area contributed by atoms with Gasteiger partial charge in [-0.25, -0.2) is 14.3 Å². The smallest absolute Gasteiger partial charge is 0.323 e. The van der Waals surface area contributed by atoms with Crippen LogP contribution in [0.5, 0.6) is 0 Å². The van der Waals surface area contributed by atoms with Crippen LogP contribution < -0.4 is 20.9 Å². The summed E-state index contributed by atoms with van der Waals surface area (Å²) in [6.45, 7) is 7.13. The lowest BCUT2D eigenvalue weighted by molar-refractivity contribution is -0.136. The third-order valence-corrected chi connectivity index (χ3v) is 12.6. The largest absolute Gasteiger partial charge is 0.369 e. The Hall–Kier alpha value is -6.23. The first-order chi connectivity index (χ1) is 29.8. The van der Waals surface area contributed by atoms with Gasteiger partial charge in [0.2, 0.25) is 23.5 Å². The Morgan fingerprint density at radius 1 is 0.918 bits per heavy atom. The second kappa shape index (κ2) is 17.8. The number of benzene rings is 1. The van der Waals surface area contributed by atoms with Crippen molar-refractivity contribution in [2.45, 2.75) is 102 Å². The van der Waals surface area contributed by atoms with E-state index in [1.165, 1.54) is 6.42 Å². The zero-order valence-electron chi connectivity index (χ0n) is 34.6. The molecule has 17 heteroatoms. The summed E-state index contributed by atoms with van der Waals surface area (Å²) in [5.74, 6) is 0.518. The number of aromatic nitrogens is 6. The van der Waals surface area contributed by atoms with Crippen molar-refractivity contribution in [3.05, 3.63) is 77.2 Å². The zero-order valence-corrected chi connectivity index (χ0v) is 34.6. The average molecular weight is 829 g/mol. The fourth-order valence-corrected chi connectivity index (χ4v) is 9.32. The van der Waals surface area contributed by atoms with E-state index in [0.717, 1.165) is 112 Å². The summed E-state index contributed by atoms with van der Waals surface area (Å²) >= 11 is 0. The molecule has 9 rings (SSSR count). The first-order valence-electron chi connectivity index (χ1n) is 21.7. The van der Waals surface area contributed by atoms with Crippen molar-refractivity contribution in [3.63, 3.8) is 0 Å². The number of unbranched alkanes of at least 4 members (excludes halogenated alkanes) is 3. The number of aryl methyl sites for hydroxylation is 2. The lowest BCUT2D eigenvalue weighted by Gasteiger charge is -2.36. The number of carbonyl (C=O) groups is 4. The average Bonchev–Trinajstić information content (AvgIpc) is 4.02. The van der Waals surface area contributed by atoms with E-state index in [1.54, 1.807) is 23.5 Å². The molecule has 1 saturated carbocycles. The quantitative estimate of drug-likeness (QED) is 0.0946. The summed E-state index contributed by atoms with van der Waals surface area (Å²) in [6.07, 6.45) is 16.3. The van der Waals surface area contributed by atoms with Gasteiger partial charge in [-0.3, -0.25) is 29.6 Å². The number of carbonyl (C=O) groups excluding carboxylic acids is 4. The number of anilines is 3. The number of urea groups is 1. The Morgan fingerprint density at radius 3 is 2.57 bits per heavy atom. The highest BCUT2D eigenvalue weighted by Gasteiger charge is 2.39. The van der Waals surface area contributed by atoms with Crippen LogP contribution in [0.4, 0.5) is 21.9 Å². The molecule has 61 heavy (non-hydrogen) atoms. The van der Waals surface area contributed by atoms with E-state index in [0.29, 0.717) is 59.7 Å². The molecule has 3 fully saturated rings. The van der Waals surface area contributed by atoms with Gasteiger partial charge in [-0.15, -0.1) is 0 Å². The van der Waals surface area contributed by atoms with E-state index in [1.807, 2.05) is 35.7 Å². The van der Waals surface area contributed by atoms with E-state index >= 15 is 0 Å². The Morgan fingerprint density at radius 2 is 1.75 bits per heavy atom. The van der Waals surface area contributed by atoms with Crippen molar-refractivity contribution in [1.82, 2.24) is 44.8 Å². The van der Waals surface area contributed by atoms with Gasteiger partial charge >= 0.3 is 6.03 Å². The van der Waals surface area contributed by atoms with Crippen LogP contribution in [0.2, 0.25) is 0 Å². The number of hydrogen-bond acceptors (Lipinski definition) is 12. The first-order valence-corrected chi connectivity index (χ1v) is 21.7. The summed E-state index contributed by atoms with van der Waals surface area (Å²) in [5.41, 5.74) is 7.07. The number of imide groups is 1. The topological polar surface area (TPSA) is 196 Å². The number of hydrogen-bond donors (Lipinski definition) is 3. The van der Waals surface area contributed by atoms with Gasteiger partial charge in [0.1, 0.15) is 11.7 Å². The molecular weight excluding hydrogens is 777 g/mol. The van der Waals surface area contributed by atoms with Crippen LogP contribution in [0.3, 0.4) is 0 Å². The second-order valence-corrected chi connectivity index (χ2v) is 16.7. The molecule has 0 spiro atoms. The number of fused-ring (bicyclic) bond motifs is 2. The minimum atomic E-state index is -0.602. The van der Waals surface area contributed by atoms with Crippen molar-refractivity contribution in [2.75, 3.05) is 48.3 Å². The summed E-state index contributed by atoms with van der Waals surface area (Å²) < 4.78 is 7.44. The number of nitrogens with one attached hydrogen (secondary N) is 3. The lowest BCUT2D eigenvalue weighted by Crippen LogP contribution is -2.52. The number of pyridine rings is 1. The second-order valence-electron chi connectivity index (χ2n) is 16.7. The van der Waals surface area contributed by atoms with Crippen LogP contribution in [-0.4, -0.2) is 102 Å². The molecule has 4 aromatic heterocycles. The SMILES string of the molecule is Cc1cc(NC(=O)Nc2cnc3ccnn3c2C2CCCCC2)cnc1-c1noc(CCCCCCN2CCN(c3ccc4c(c3)CN(C3CCC(=O)NC3=O)C4=O)CC2)n1. The van der Waals surface area contributed by atoms with Gasteiger partial charge in [-0.1, -0.05) is 37.3 Å². The number of amides is 5. The number of piperazine rings is 1. The van der Waals surface area contributed by atoms with Crippen molar-refractivity contribution in [2.24, 2.45) is 0 Å². The van der Waals surface area contributed by atoms with Crippen LogP contribution in [0, 0.1) is 6.92 Å².